The molecule has 1 amide bonds. The number of hydrogen-bond donors (Lipinski definition) is 1. The monoisotopic (exact) mass is 495 g/mol. The van der Waals surface area contributed by atoms with Gasteiger partial charge in [-0.25, -0.2) is 0 Å². The normalized spacial score (nSPS) is 14.5. The highest BCUT2D eigenvalue weighted by Gasteiger charge is 2.34. The summed E-state index contributed by atoms with van der Waals surface area (Å²) in [5.41, 5.74) is -0.470. The standard InChI is InChI=1S/C22H21ClF3N5OS/c23-15-8-9-18(17(12-15)22(24,25)26)27-20(32)14-33-21-29-28-19(13-30-10-4-5-11-30)31(21)16-6-2-1-3-7-16/h1-3,6-9,12H,4-5,10-11,13-14H2,(H,27,32). The SMILES string of the molecule is O=C(CSc1nnc(CN2CCCC2)n1-c1ccccc1)Nc1ccc(Cl)cc1C(F)(F)F. The molecule has 0 radical (unpaired) electrons. The summed E-state index contributed by atoms with van der Waals surface area (Å²) in [6.07, 6.45) is -2.35. The Morgan fingerprint density at radius 1 is 1.09 bits per heavy atom. The third-order valence-electron chi connectivity index (χ3n) is 5.17. The minimum atomic E-state index is -4.64. The smallest absolute Gasteiger partial charge is 0.325 e. The Morgan fingerprint density at radius 2 is 1.82 bits per heavy atom. The molecule has 6 nitrogen and oxygen atoms in total. The molecule has 0 bridgehead atoms. The second-order valence-electron chi connectivity index (χ2n) is 7.58. The Kier molecular flexibility index (Phi) is 7.26. The molecule has 1 aliphatic rings. The summed E-state index contributed by atoms with van der Waals surface area (Å²) >= 11 is 6.82. The molecule has 1 aliphatic heterocycles. The summed E-state index contributed by atoms with van der Waals surface area (Å²) < 4.78 is 41.8. The molecule has 11 heteroatoms. The van der Waals surface area contributed by atoms with Crippen LogP contribution in [0.5, 0.6) is 0 Å². The van der Waals surface area contributed by atoms with Gasteiger partial charge >= 0.3 is 6.18 Å². The van der Waals surface area contributed by atoms with Gasteiger partial charge in [-0.2, -0.15) is 13.2 Å². The van der Waals surface area contributed by atoms with E-state index in [2.05, 4.69) is 20.4 Å². The fourth-order valence-corrected chi connectivity index (χ4v) is 4.59. The third kappa shape index (κ3) is 5.87. The van der Waals surface area contributed by atoms with E-state index in [0.717, 1.165) is 61.3 Å². The largest absolute Gasteiger partial charge is 0.418 e. The Hall–Kier alpha value is -2.56. The molecule has 1 fully saturated rings. The van der Waals surface area contributed by atoms with Crippen LogP contribution in [-0.2, 0) is 17.5 Å². The van der Waals surface area contributed by atoms with Crippen molar-refractivity contribution in [1.82, 2.24) is 19.7 Å². The van der Waals surface area contributed by atoms with E-state index >= 15 is 0 Å². The van der Waals surface area contributed by atoms with Crippen molar-refractivity contribution in [2.24, 2.45) is 0 Å². The molecule has 2 aromatic carbocycles. The zero-order chi connectivity index (χ0) is 23.4. The first-order valence-corrected chi connectivity index (χ1v) is 11.7. The molecule has 0 aliphatic carbocycles. The van der Waals surface area contributed by atoms with Gasteiger partial charge in [0, 0.05) is 10.7 Å². The van der Waals surface area contributed by atoms with E-state index in [1.165, 1.54) is 6.07 Å². The number of hydrogen-bond acceptors (Lipinski definition) is 5. The molecular weight excluding hydrogens is 475 g/mol. The average molecular weight is 496 g/mol. The maximum atomic E-state index is 13.3. The predicted octanol–water partition coefficient (Wildman–Crippen LogP) is 5.27. The number of halogens is 4. The molecule has 1 aromatic heterocycles. The maximum Gasteiger partial charge on any atom is 0.418 e. The van der Waals surface area contributed by atoms with E-state index in [1.54, 1.807) is 0 Å². The molecular formula is C22H21ClF3N5OS. The molecule has 2 heterocycles. The van der Waals surface area contributed by atoms with E-state index in [0.29, 0.717) is 11.7 Å². The van der Waals surface area contributed by atoms with E-state index in [9.17, 15) is 18.0 Å². The average Bonchev–Trinajstić information content (AvgIpc) is 3.44. The molecule has 0 atom stereocenters. The minimum absolute atomic E-state index is 0.0591. The van der Waals surface area contributed by atoms with Crippen molar-refractivity contribution in [2.75, 3.05) is 24.2 Å². The Morgan fingerprint density at radius 3 is 2.52 bits per heavy atom. The van der Waals surface area contributed by atoms with E-state index < -0.39 is 17.6 Å². The lowest BCUT2D eigenvalue weighted by molar-refractivity contribution is -0.137. The first-order chi connectivity index (χ1) is 15.8. The molecule has 33 heavy (non-hydrogen) atoms. The number of para-hydroxylation sites is 1. The highest BCUT2D eigenvalue weighted by atomic mass is 35.5. The first kappa shape index (κ1) is 23.6. The van der Waals surface area contributed by atoms with Crippen molar-refractivity contribution in [1.29, 1.82) is 0 Å². The van der Waals surface area contributed by atoms with Crippen molar-refractivity contribution >= 4 is 35.0 Å². The molecule has 4 rings (SSSR count). The Balaban J connectivity index is 1.50. The van der Waals surface area contributed by atoms with E-state index in [1.807, 2.05) is 34.9 Å². The third-order valence-corrected chi connectivity index (χ3v) is 6.34. The van der Waals surface area contributed by atoms with Gasteiger partial charge in [-0.05, 0) is 56.3 Å². The highest BCUT2D eigenvalue weighted by molar-refractivity contribution is 7.99. The topological polar surface area (TPSA) is 63.1 Å². The van der Waals surface area contributed by atoms with Gasteiger partial charge in [0.1, 0.15) is 0 Å². The van der Waals surface area contributed by atoms with Gasteiger partial charge < -0.3 is 5.32 Å². The van der Waals surface area contributed by atoms with Gasteiger partial charge in [0.25, 0.3) is 0 Å². The molecule has 0 unspecified atom stereocenters. The molecule has 3 aromatic rings. The Bertz CT molecular complexity index is 1120. The summed E-state index contributed by atoms with van der Waals surface area (Å²) in [6, 6.07) is 12.8. The van der Waals surface area contributed by atoms with Crippen LogP contribution in [0.15, 0.2) is 53.7 Å². The molecule has 174 valence electrons. The van der Waals surface area contributed by atoms with Gasteiger partial charge in [-0.15, -0.1) is 10.2 Å². The number of anilines is 1. The van der Waals surface area contributed by atoms with Crippen LogP contribution in [0.25, 0.3) is 5.69 Å². The van der Waals surface area contributed by atoms with Crippen LogP contribution in [0.1, 0.15) is 24.2 Å². The predicted molar refractivity (Wildman–Crippen MR) is 122 cm³/mol. The van der Waals surface area contributed by atoms with Crippen LogP contribution in [0.2, 0.25) is 5.02 Å². The zero-order valence-electron chi connectivity index (χ0n) is 17.5. The lowest BCUT2D eigenvalue weighted by Gasteiger charge is -2.16. The first-order valence-electron chi connectivity index (χ1n) is 10.3. The fraction of sp³-hybridized carbons (Fsp3) is 0.318. The molecule has 1 saturated heterocycles. The number of carbonyl (C=O) groups is 1. The number of carbonyl (C=O) groups excluding carboxylic acids is 1. The van der Waals surface area contributed by atoms with Crippen LogP contribution in [0.3, 0.4) is 0 Å². The van der Waals surface area contributed by atoms with Crippen molar-refractivity contribution in [3.63, 3.8) is 0 Å². The summed E-state index contributed by atoms with van der Waals surface area (Å²) in [5.74, 6) is 0.0359. The summed E-state index contributed by atoms with van der Waals surface area (Å²) in [4.78, 5) is 14.8. The lowest BCUT2D eigenvalue weighted by Crippen LogP contribution is -2.21. The Labute approximate surface area is 198 Å². The fourth-order valence-electron chi connectivity index (χ4n) is 3.65. The second-order valence-corrected chi connectivity index (χ2v) is 8.96. The number of rotatable bonds is 7. The van der Waals surface area contributed by atoms with Crippen LogP contribution < -0.4 is 5.32 Å². The zero-order valence-corrected chi connectivity index (χ0v) is 19.1. The summed E-state index contributed by atoms with van der Waals surface area (Å²) in [6.45, 7) is 2.62. The van der Waals surface area contributed by atoms with Crippen LogP contribution >= 0.6 is 23.4 Å². The van der Waals surface area contributed by atoms with Crippen LogP contribution in [0, 0.1) is 0 Å². The van der Waals surface area contributed by atoms with Gasteiger partial charge in [0.05, 0.1) is 23.5 Å². The molecule has 0 saturated carbocycles. The number of thioether (sulfide) groups is 1. The summed E-state index contributed by atoms with van der Waals surface area (Å²) in [5, 5.41) is 11.4. The second kappa shape index (κ2) is 10.1. The number of amides is 1. The van der Waals surface area contributed by atoms with Gasteiger partial charge in [-0.3, -0.25) is 14.3 Å². The van der Waals surface area contributed by atoms with Crippen LogP contribution in [0.4, 0.5) is 18.9 Å². The number of nitrogens with zero attached hydrogens (tertiary/aromatic N) is 4. The number of alkyl halides is 3. The molecule has 0 spiro atoms. The van der Waals surface area contributed by atoms with E-state index in [4.69, 9.17) is 11.6 Å². The lowest BCUT2D eigenvalue weighted by atomic mass is 10.1. The van der Waals surface area contributed by atoms with E-state index in [-0.39, 0.29) is 16.5 Å². The van der Waals surface area contributed by atoms with Crippen molar-refractivity contribution < 1.29 is 18.0 Å². The number of aromatic nitrogens is 3. The number of likely N-dealkylation sites (tertiary alicyclic amines) is 1. The number of nitrogens with one attached hydrogen (secondary N) is 1. The minimum Gasteiger partial charge on any atom is -0.325 e. The molecule has 1 N–H and O–H groups in total. The maximum absolute atomic E-state index is 13.3. The quantitative estimate of drug-likeness (QED) is 0.453. The van der Waals surface area contributed by atoms with Crippen molar-refractivity contribution in [3.8, 4) is 5.69 Å². The number of benzene rings is 2. The van der Waals surface area contributed by atoms with Gasteiger partial charge in [0.15, 0.2) is 11.0 Å². The van der Waals surface area contributed by atoms with Crippen molar-refractivity contribution in [3.05, 3.63) is 64.9 Å². The summed E-state index contributed by atoms with van der Waals surface area (Å²) in [7, 11) is 0. The van der Waals surface area contributed by atoms with Crippen molar-refractivity contribution in [2.45, 2.75) is 30.7 Å². The highest BCUT2D eigenvalue weighted by Crippen LogP contribution is 2.36. The van der Waals surface area contributed by atoms with Gasteiger partial charge in [0.2, 0.25) is 5.91 Å². The van der Waals surface area contributed by atoms with Gasteiger partial charge in [-0.1, -0.05) is 41.6 Å². The van der Waals surface area contributed by atoms with Crippen LogP contribution in [-0.4, -0.2) is 44.4 Å².